The largest absolute Gasteiger partial charge is 0.487 e. The number of rotatable bonds is 4. The van der Waals surface area contributed by atoms with Crippen LogP contribution in [0.4, 0.5) is 4.39 Å². The summed E-state index contributed by atoms with van der Waals surface area (Å²) in [4.78, 5) is 20.3. The molecule has 4 rings (SSSR count). The van der Waals surface area contributed by atoms with E-state index in [0.717, 1.165) is 18.4 Å². The summed E-state index contributed by atoms with van der Waals surface area (Å²) in [7, 11) is 0. The van der Waals surface area contributed by atoms with Crippen molar-refractivity contribution in [3.05, 3.63) is 42.1 Å². The first-order valence-electron chi connectivity index (χ1n) is 8.35. The van der Waals surface area contributed by atoms with Gasteiger partial charge in [0.05, 0.1) is 18.4 Å². The van der Waals surface area contributed by atoms with Gasteiger partial charge in [0.25, 0.3) is 0 Å². The molecule has 0 aliphatic carbocycles. The molecule has 1 aromatic heterocycles. The Kier molecular flexibility index (Phi) is 4.31. The van der Waals surface area contributed by atoms with Crippen molar-refractivity contribution in [1.82, 2.24) is 15.3 Å². The van der Waals surface area contributed by atoms with E-state index in [2.05, 4.69) is 15.3 Å². The van der Waals surface area contributed by atoms with Crippen LogP contribution in [0.25, 0.3) is 11.3 Å². The molecule has 2 atom stereocenters. The fourth-order valence-corrected chi connectivity index (χ4v) is 3.25. The number of carbonyl (C=O) groups excluding carboxylic acids is 1. The molecule has 3 heterocycles. The Morgan fingerprint density at radius 1 is 1.36 bits per heavy atom. The highest BCUT2D eigenvalue weighted by atomic mass is 19.1. The zero-order valence-corrected chi connectivity index (χ0v) is 13.6. The predicted octanol–water partition coefficient (Wildman–Crippen LogP) is 1.88. The summed E-state index contributed by atoms with van der Waals surface area (Å²) in [5.41, 5.74) is 1.91. The summed E-state index contributed by atoms with van der Waals surface area (Å²) >= 11 is 0. The Bertz CT molecular complexity index is 779. The number of nitrogens with zero attached hydrogens (tertiary/aromatic N) is 2. The molecule has 2 unspecified atom stereocenters. The molecule has 0 radical (unpaired) electrons. The molecule has 0 bridgehead atoms. The van der Waals surface area contributed by atoms with Gasteiger partial charge in [-0.15, -0.1) is 0 Å². The molecule has 2 aromatic rings. The molecule has 2 aliphatic rings. The van der Waals surface area contributed by atoms with E-state index in [1.165, 1.54) is 12.1 Å². The topological polar surface area (TPSA) is 73.3 Å². The third-order valence-electron chi connectivity index (χ3n) is 4.43. The fraction of sp³-hybridized carbons (Fsp3) is 0.389. The van der Waals surface area contributed by atoms with Gasteiger partial charge in [-0.3, -0.25) is 14.8 Å². The quantitative estimate of drug-likeness (QED) is 0.918. The van der Waals surface area contributed by atoms with Gasteiger partial charge in [0, 0.05) is 36.5 Å². The average molecular weight is 343 g/mol. The summed E-state index contributed by atoms with van der Waals surface area (Å²) < 4.78 is 25.3. The van der Waals surface area contributed by atoms with Gasteiger partial charge in [-0.1, -0.05) is 0 Å². The van der Waals surface area contributed by atoms with Gasteiger partial charge in [0.1, 0.15) is 23.8 Å². The lowest BCUT2D eigenvalue weighted by molar-refractivity contribution is -0.130. The lowest BCUT2D eigenvalue weighted by atomic mass is 10.0. The SMILES string of the molecule is O=C(NCC1Cc2cc(F)cc(-c3cnccn3)c2O1)C1CCCO1. The third-order valence-corrected chi connectivity index (χ3v) is 4.43. The monoisotopic (exact) mass is 343 g/mol. The first kappa shape index (κ1) is 16.0. The number of halogens is 1. The Balaban J connectivity index is 1.48. The summed E-state index contributed by atoms with van der Waals surface area (Å²) in [6.07, 6.45) is 6.28. The standard InChI is InChI=1S/C18H18FN3O3/c19-12-6-11-7-13(9-22-18(23)16-2-1-5-24-16)25-17(11)14(8-12)15-10-20-3-4-21-15/h3-4,6,8,10,13,16H,1-2,5,7,9H2,(H,22,23). The average Bonchev–Trinajstić information content (AvgIpc) is 3.29. The van der Waals surface area contributed by atoms with E-state index >= 15 is 0 Å². The zero-order chi connectivity index (χ0) is 17.2. The van der Waals surface area contributed by atoms with Crippen molar-refractivity contribution in [3.8, 4) is 17.0 Å². The van der Waals surface area contributed by atoms with Crippen LogP contribution >= 0.6 is 0 Å². The molecule has 1 fully saturated rings. The van der Waals surface area contributed by atoms with Crippen molar-refractivity contribution in [3.63, 3.8) is 0 Å². The maximum Gasteiger partial charge on any atom is 0.249 e. The van der Waals surface area contributed by atoms with Crippen LogP contribution in [0.2, 0.25) is 0 Å². The molecule has 130 valence electrons. The van der Waals surface area contributed by atoms with Crippen LogP contribution in [-0.4, -0.2) is 41.2 Å². The first-order chi connectivity index (χ1) is 12.2. The number of carbonyl (C=O) groups is 1. The Morgan fingerprint density at radius 3 is 3.04 bits per heavy atom. The van der Waals surface area contributed by atoms with E-state index in [1.54, 1.807) is 18.6 Å². The van der Waals surface area contributed by atoms with E-state index in [-0.39, 0.29) is 23.9 Å². The number of amides is 1. The van der Waals surface area contributed by atoms with Gasteiger partial charge in [0.15, 0.2) is 0 Å². The van der Waals surface area contributed by atoms with Gasteiger partial charge in [-0.25, -0.2) is 4.39 Å². The number of hydrogen-bond donors (Lipinski definition) is 1. The fourth-order valence-electron chi connectivity index (χ4n) is 3.25. The molecule has 0 spiro atoms. The van der Waals surface area contributed by atoms with E-state index < -0.39 is 0 Å². The highest BCUT2D eigenvalue weighted by Gasteiger charge is 2.29. The Morgan fingerprint density at radius 2 is 2.28 bits per heavy atom. The molecule has 25 heavy (non-hydrogen) atoms. The van der Waals surface area contributed by atoms with Crippen LogP contribution < -0.4 is 10.1 Å². The minimum Gasteiger partial charge on any atom is -0.487 e. The van der Waals surface area contributed by atoms with Crippen molar-refractivity contribution in [1.29, 1.82) is 0 Å². The summed E-state index contributed by atoms with van der Waals surface area (Å²) in [5, 5.41) is 2.86. The van der Waals surface area contributed by atoms with Crippen LogP contribution in [0.1, 0.15) is 18.4 Å². The number of fused-ring (bicyclic) bond motifs is 1. The molecule has 6 nitrogen and oxygen atoms in total. The van der Waals surface area contributed by atoms with Gasteiger partial charge in [-0.2, -0.15) is 0 Å². The first-order valence-corrected chi connectivity index (χ1v) is 8.35. The molecule has 0 saturated carbocycles. The zero-order valence-electron chi connectivity index (χ0n) is 13.6. The van der Waals surface area contributed by atoms with E-state index in [0.29, 0.717) is 36.6 Å². The molecular formula is C18H18FN3O3. The van der Waals surface area contributed by atoms with Crippen LogP contribution in [0, 0.1) is 5.82 Å². The molecule has 1 saturated heterocycles. The number of ether oxygens (including phenoxy) is 2. The summed E-state index contributed by atoms with van der Waals surface area (Å²) in [6, 6.07) is 2.87. The number of nitrogens with one attached hydrogen (secondary N) is 1. The van der Waals surface area contributed by atoms with E-state index in [4.69, 9.17) is 9.47 Å². The lowest BCUT2D eigenvalue weighted by Crippen LogP contribution is -2.40. The molecule has 7 heteroatoms. The van der Waals surface area contributed by atoms with Gasteiger partial charge < -0.3 is 14.8 Å². The second-order valence-corrected chi connectivity index (χ2v) is 6.22. The molecule has 1 N–H and O–H groups in total. The van der Waals surface area contributed by atoms with E-state index in [9.17, 15) is 9.18 Å². The second kappa shape index (κ2) is 6.76. The van der Waals surface area contributed by atoms with Crippen molar-refractivity contribution in [2.45, 2.75) is 31.5 Å². The van der Waals surface area contributed by atoms with Gasteiger partial charge in [0.2, 0.25) is 5.91 Å². The minimum atomic E-state index is -0.364. The number of hydrogen-bond acceptors (Lipinski definition) is 5. The van der Waals surface area contributed by atoms with Gasteiger partial charge in [-0.05, 0) is 25.0 Å². The van der Waals surface area contributed by atoms with Crippen molar-refractivity contribution in [2.75, 3.05) is 13.2 Å². The summed E-state index contributed by atoms with van der Waals surface area (Å²) in [5.74, 6) is 0.155. The molecule has 1 aromatic carbocycles. The number of aromatic nitrogens is 2. The van der Waals surface area contributed by atoms with Crippen LogP contribution in [0.5, 0.6) is 5.75 Å². The molecular weight excluding hydrogens is 325 g/mol. The van der Waals surface area contributed by atoms with Crippen molar-refractivity contribution in [2.24, 2.45) is 0 Å². The van der Waals surface area contributed by atoms with Crippen LogP contribution in [0.15, 0.2) is 30.7 Å². The predicted molar refractivity (Wildman–Crippen MR) is 87.5 cm³/mol. The second-order valence-electron chi connectivity index (χ2n) is 6.22. The van der Waals surface area contributed by atoms with Gasteiger partial charge >= 0.3 is 0 Å². The Hall–Kier alpha value is -2.54. The maximum atomic E-state index is 14.0. The Labute approximate surface area is 144 Å². The van der Waals surface area contributed by atoms with E-state index in [1.807, 2.05) is 0 Å². The third kappa shape index (κ3) is 3.32. The van der Waals surface area contributed by atoms with Crippen molar-refractivity contribution < 1.29 is 18.7 Å². The lowest BCUT2D eigenvalue weighted by Gasteiger charge is -2.15. The van der Waals surface area contributed by atoms with Crippen LogP contribution in [0.3, 0.4) is 0 Å². The highest BCUT2D eigenvalue weighted by Crippen LogP contribution is 2.38. The van der Waals surface area contributed by atoms with Crippen LogP contribution in [-0.2, 0) is 16.0 Å². The summed E-state index contributed by atoms with van der Waals surface area (Å²) in [6.45, 7) is 0.985. The molecule has 2 aliphatic heterocycles. The molecule has 1 amide bonds. The minimum absolute atomic E-state index is 0.114. The number of benzene rings is 1. The maximum absolute atomic E-state index is 14.0. The smallest absolute Gasteiger partial charge is 0.249 e. The van der Waals surface area contributed by atoms with Crippen molar-refractivity contribution >= 4 is 5.91 Å². The highest BCUT2D eigenvalue weighted by molar-refractivity contribution is 5.81. The normalized spacial score (nSPS) is 21.6.